The number of fused-ring (bicyclic) bond motifs is 1. The summed E-state index contributed by atoms with van der Waals surface area (Å²) in [7, 11) is -8.51. The van der Waals surface area contributed by atoms with Gasteiger partial charge in [0, 0.05) is 62.5 Å². The molecule has 0 unspecified atom stereocenters. The van der Waals surface area contributed by atoms with Crippen molar-refractivity contribution in [1.82, 2.24) is 0 Å². The first-order valence-electron chi connectivity index (χ1n) is 17.7. The third kappa shape index (κ3) is 14.2. The number of amides is 1. The molecular formula is C39H50KN2O7S2. The molecule has 0 aliphatic carbocycles. The Balaban J connectivity index is 0.00000702. The number of ether oxygens (including phenoxy) is 1. The number of benzene rings is 4. The molecule has 12 heteroatoms. The molecule has 0 heterocycles. The van der Waals surface area contributed by atoms with Crippen LogP contribution in [-0.2, 0) is 20.1 Å². The average molecular weight is 762 g/mol. The topological polar surface area (TPSA) is 139 Å². The molecule has 0 spiro atoms. The van der Waals surface area contributed by atoms with Crippen molar-refractivity contribution in [1.29, 1.82) is 0 Å². The third-order valence-corrected chi connectivity index (χ3v) is 10.9. The number of nitrogens with one attached hydrogen (secondary N) is 2. The third-order valence-electron chi connectivity index (χ3n) is 8.71. The minimum absolute atomic E-state index is 0. The van der Waals surface area contributed by atoms with Crippen molar-refractivity contribution < 1.29 is 30.9 Å². The Bertz CT molecular complexity index is 1900. The van der Waals surface area contributed by atoms with Gasteiger partial charge in [-0.3, -0.25) is 14.1 Å². The van der Waals surface area contributed by atoms with Crippen molar-refractivity contribution in [3.8, 4) is 5.75 Å². The molecule has 0 saturated heterocycles. The van der Waals surface area contributed by atoms with E-state index in [0.717, 1.165) is 36.1 Å². The number of hydrogen-bond acceptors (Lipinski definition) is 6. The van der Waals surface area contributed by atoms with Crippen molar-refractivity contribution in [2.75, 3.05) is 16.6 Å². The van der Waals surface area contributed by atoms with Crippen LogP contribution in [0.3, 0.4) is 0 Å². The zero-order valence-electron chi connectivity index (χ0n) is 29.9. The summed E-state index contributed by atoms with van der Waals surface area (Å²) >= 11 is 0. The second kappa shape index (κ2) is 22.0. The van der Waals surface area contributed by atoms with Crippen LogP contribution in [0.2, 0.25) is 0 Å². The Morgan fingerprint density at radius 2 is 1.22 bits per heavy atom. The molecule has 4 aromatic rings. The van der Waals surface area contributed by atoms with E-state index in [1.54, 1.807) is 12.1 Å². The molecule has 9 nitrogen and oxygen atoms in total. The fourth-order valence-corrected chi connectivity index (χ4v) is 7.47. The number of rotatable bonds is 22. The Morgan fingerprint density at radius 3 is 1.82 bits per heavy atom. The van der Waals surface area contributed by atoms with Gasteiger partial charge >= 0.3 is 0 Å². The van der Waals surface area contributed by atoms with Crippen molar-refractivity contribution >= 4 is 99.6 Å². The molecule has 271 valence electrons. The molecule has 1 amide bonds. The summed E-state index contributed by atoms with van der Waals surface area (Å²) in [6.45, 7) is 2.59. The Kier molecular flexibility index (Phi) is 18.6. The molecule has 1 radical (unpaired) electrons. The van der Waals surface area contributed by atoms with E-state index in [2.05, 4.69) is 17.0 Å². The smallest absolute Gasteiger partial charge is 0.294 e. The van der Waals surface area contributed by atoms with Gasteiger partial charge in [0.25, 0.3) is 26.0 Å². The molecule has 4 rings (SSSR count). The van der Waals surface area contributed by atoms with E-state index in [1.165, 1.54) is 107 Å². The fraction of sp³-hybridized carbons (Fsp3) is 0.410. The number of unbranched alkanes of at least 4 members (excludes halogenated alkanes) is 13. The predicted octanol–water partition coefficient (Wildman–Crippen LogP) is 9.62. The standard InChI is InChI=1S/C39H50N2O7S2.K/c1-2-3-4-5-6-7-8-9-10-11-12-13-14-17-29-48-38-28-27-34(50(45,46)47)30-36(38)39(42)40-32-23-25-33(26-24-32)49(43,44)41-37-22-18-20-31-19-15-16-21-35(31)37;/h15-16,18-28,30,41H,2-14,17,29H2,1H3,(H,40,42)(H,45,46,47);. The average Bonchev–Trinajstić information content (AvgIpc) is 3.10. The van der Waals surface area contributed by atoms with E-state index < -0.39 is 30.9 Å². The summed E-state index contributed by atoms with van der Waals surface area (Å²) < 4.78 is 68.1. The van der Waals surface area contributed by atoms with E-state index >= 15 is 0 Å². The number of hydrogen-bond donors (Lipinski definition) is 3. The monoisotopic (exact) mass is 761 g/mol. The van der Waals surface area contributed by atoms with Gasteiger partial charge < -0.3 is 10.1 Å². The molecule has 0 fully saturated rings. The van der Waals surface area contributed by atoms with Gasteiger partial charge in [-0.05, 0) is 60.3 Å². The van der Waals surface area contributed by atoms with Gasteiger partial charge in [-0.2, -0.15) is 8.42 Å². The Hall–Kier alpha value is -2.29. The molecular weight excluding hydrogens is 712 g/mol. The molecule has 0 saturated carbocycles. The van der Waals surface area contributed by atoms with Gasteiger partial charge in [0.1, 0.15) is 5.75 Å². The first-order valence-corrected chi connectivity index (χ1v) is 20.7. The SMILES string of the molecule is CCCCCCCCCCCCCCCCOc1ccc(S(=O)(=O)O)cc1C(=O)Nc1ccc(S(=O)(=O)Nc2cccc3ccccc23)cc1.[K]. The number of sulfonamides is 1. The van der Waals surface area contributed by atoms with Gasteiger partial charge in [-0.15, -0.1) is 0 Å². The molecule has 0 bridgehead atoms. The van der Waals surface area contributed by atoms with Gasteiger partial charge in [-0.1, -0.05) is 127 Å². The van der Waals surface area contributed by atoms with Crippen LogP contribution in [0.15, 0.2) is 94.7 Å². The van der Waals surface area contributed by atoms with Crippen LogP contribution in [0, 0.1) is 0 Å². The minimum Gasteiger partial charge on any atom is -0.493 e. The Labute approximate surface area is 346 Å². The second-order valence-electron chi connectivity index (χ2n) is 12.7. The molecule has 3 N–H and O–H groups in total. The zero-order chi connectivity index (χ0) is 35.8. The zero-order valence-corrected chi connectivity index (χ0v) is 34.7. The summed E-state index contributed by atoms with van der Waals surface area (Å²) in [6, 6.07) is 22.0. The van der Waals surface area contributed by atoms with Crippen LogP contribution in [0.4, 0.5) is 11.4 Å². The summed E-state index contributed by atoms with van der Waals surface area (Å²) in [5.74, 6) is -0.487. The maximum absolute atomic E-state index is 13.3. The van der Waals surface area contributed by atoms with Crippen LogP contribution in [0.25, 0.3) is 10.8 Å². The van der Waals surface area contributed by atoms with E-state index in [-0.39, 0.29) is 73.3 Å². The van der Waals surface area contributed by atoms with E-state index in [1.807, 2.05) is 30.3 Å². The van der Waals surface area contributed by atoms with E-state index in [0.29, 0.717) is 12.3 Å². The predicted molar refractivity (Wildman–Crippen MR) is 207 cm³/mol. The summed E-state index contributed by atoms with van der Waals surface area (Å²) in [4.78, 5) is 12.9. The maximum Gasteiger partial charge on any atom is 0.294 e. The number of anilines is 2. The normalized spacial score (nSPS) is 11.6. The molecule has 4 aromatic carbocycles. The fourth-order valence-electron chi connectivity index (χ4n) is 5.89. The van der Waals surface area contributed by atoms with Gasteiger partial charge in [0.15, 0.2) is 0 Å². The van der Waals surface area contributed by atoms with Crippen LogP contribution < -0.4 is 14.8 Å². The summed E-state index contributed by atoms with van der Waals surface area (Å²) in [5, 5.41) is 4.33. The van der Waals surface area contributed by atoms with Crippen molar-refractivity contribution in [2.45, 2.75) is 107 Å². The molecule has 0 aliphatic heterocycles. The van der Waals surface area contributed by atoms with Crippen molar-refractivity contribution in [3.63, 3.8) is 0 Å². The first-order chi connectivity index (χ1) is 24.1. The largest absolute Gasteiger partial charge is 0.493 e. The molecule has 0 atom stereocenters. The quantitative estimate of drug-likeness (QED) is 0.0412. The van der Waals surface area contributed by atoms with Gasteiger partial charge in [-0.25, -0.2) is 8.42 Å². The number of carbonyl (C=O) groups is 1. The summed E-state index contributed by atoms with van der Waals surface area (Å²) in [6.07, 6.45) is 17.2. The van der Waals surface area contributed by atoms with Crippen molar-refractivity contribution in [3.05, 3.63) is 90.5 Å². The number of carbonyl (C=O) groups excluding carboxylic acids is 1. The van der Waals surface area contributed by atoms with Crippen LogP contribution >= 0.6 is 0 Å². The molecule has 0 aromatic heterocycles. The van der Waals surface area contributed by atoms with Crippen molar-refractivity contribution in [2.24, 2.45) is 0 Å². The second-order valence-corrected chi connectivity index (χ2v) is 15.8. The maximum atomic E-state index is 13.3. The Morgan fingerprint density at radius 1 is 0.667 bits per heavy atom. The van der Waals surface area contributed by atoms with Crippen LogP contribution in [-0.4, -0.2) is 85.3 Å². The molecule has 51 heavy (non-hydrogen) atoms. The summed E-state index contributed by atoms with van der Waals surface area (Å²) in [5.41, 5.74) is 0.662. The molecule has 0 aliphatic rings. The van der Waals surface area contributed by atoms with Gasteiger partial charge in [0.2, 0.25) is 0 Å². The van der Waals surface area contributed by atoms with Gasteiger partial charge in [0.05, 0.1) is 27.6 Å². The van der Waals surface area contributed by atoms with Crippen LogP contribution in [0.1, 0.15) is 107 Å². The van der Waals surface area contributed by atoms with E-state index in [9.17, 15) is 26.2 Å². The van der Waals surface area contributed by atoms with Crippen LogP contribution in [0.5, 0.6) is 5.75 Å². The minimum atomic E-state index is -4.57. The first kappa shape index (κ1) is 43.1. The van der Waals surface area contributed by atoms with E-state index in [4.69, 9.17) is 4.74 Å².